The topological polar surface area (TPSA) is 56.7 Å². The third kappa shape index (κ3) is 2.57. The molecule has 4 heteroatoms. The smallest absolute Gasteiger partial charge is 0.118 e. The lowest BCUT2D eigenvalue weighted by atomic mass is 9.69. The van der Waals surface area contributed by atoms with Crippen LogP contribution in [0.1, 0.15) is 64.2 Å². The van der Waals surface area contributed by atoms with Gasteiger partial charge >= 0.3 is 0 Å². The van der Waals surface area contributed by atoms with Gasteiger partial charge in [0.05, 0.1) is 5.52 Å². The van der Waals surface area contributed by atoms with Gasteiger partial charge in [-0.3, -0.25) is 0 Å². The van der Waals surface area contributed by atoms with Crippen molar-refractivity contribution in [2.24, 2.45) is 17.6 Å². The zero-order valence-corrected chi connectivity index (χ0v) is 14.0. The summed E-state index contributed by atoms with van der Waals surface area (Å²) in [5.41, 5.74) is 8.95. The number of benzene rings is 1. The summed E-state index contributed by atoms with van der Waals surface area (Å²) in [7, 11) is 0. The Bertz CT molecular complexity index is 632. The molecule has 0 bridgehead atoms. The molecule has 4 nitrogen and oxygen atoms in total. The maximum atomic E-state index is 7.24. The second-order valence-corrected chi connectivity index (χ2v) is 7.55. The first kappa shape index (κ1) is 15.1. The van der Waals surface area contributed by atoms with Crippen LogP contribution in [0.4, 0.5) is 0 Å². The predicted octanol–water partition coefficient (Wildman–Crippen LogP) is 4.20. The Labute approximate surface area is 138 Å². The lowest BCUT2D eigenvalue weighted by molar-refractivity contribution is 0.0299. The van der Waals surface area contributed by atoms with Crippen LogP contribution in [-0.4, -0.2) is 15.0 Å². The van der Waals surface area contributed by atoms with Crippen LogP contribution >= 0.6 is 0 Å². The van der Waals surface area contributed by atoms with Crippen LogP contribution in [0.2, 0.25) is 0 Å². The highest BCUT2D eigenvalue weighted by molar-refractivity contribution is 5.74. The fourth-order valence-corrected chi connectivity index (χ4v) is 4.96. The molecule has 0 spiro atoms. The molecule has 2 N–H and O–H groups in total. The fourth-order valence-electron chi connectivity index (χ4n) is 4.96. The molecular formula is C19H28N4. The average molecular weight is 312 g/mol. The van der Waals surface area contributed by atoms with E-state index in [9.17, 15) is 0 Å². The van der Waals surface area contributed by atoms with Crippen molar-refractivity contribution in [2.45, 2.75) is 69.9 Å². The van der Waals surface area contributed by atoms with Crippen LogP contribution in [0.15, 0.2) is 24.3 Å². The van der Waals surface area contributed by atoms with Crippen LogP contribution < -0.4 is 5.73 Å². The highest BCUT2D eigenvalue weighted by Gasteiger charge is 2.45. The summed E-state index contributed by atoms with van der Waals surface area (Å²) >= 11 is 0. The summed E-state index contributed by atoms with van der Waals surface area (Å²) in [5.74, 6) is 1.06. The molecule has 2 aromatic rings. The maximum absolute atomic E-state index is 7.24. The van der Waals surface area contributed by atoms with Crippen molar-refractivity contribution in [3.8, 4) is 0 Å². The van der Waals surface area contributed by atoms with Gasteiger partial charge in [-0.15, -0.1) is 5.10 Å². The number of nitrogens with zero attached hydrogens (tertiary/aromatic N) is 3. The minimum atomic E-state index is -0.364. The lowest BCUT2D eigenvalue weighted by Gasteiger charge is -2.46. The summed E-state index contributed by atoms with van der Waals surface area (Å²) in [6, 6.07) is 8.27. The number of para-hydroxylation sites is 1. The molecule has 0 saturated heterocycles. The molecule has 1 aromatic carbocycles. The Morgan fingerprint density at radius 1 is 0.870 bits per heavy atom. The zero-order chi connectivity index (χ0) is 15.7. The number of nitrogens with two attached hydrogens (primary N) is 1. The van der Waals surface area contributed by atoms with Crippen molar-refractivity contribution in [1.29, 1.82) is 0 Å². The minimum Gasteiger partial charge on any atom is -0.307 e. The van der Waals surface area contributed by atoms with E-state index in [1.165, 1.54) is 64.2 Å². The maximum Gasteiger partial charge on any atom is 0.118 e. The first-order valence-corrected chi connectivity index (χ1v) is 9.40. The lowest BCUT2D eigenvalue weighted by Crippen LogP contribution is -2.56. The third-order valence-electron chi connectivity index (χ3n) is 6.24. The van der Waals surface area contributed by atoms with Gasteiger partial charge in [-0.25, -0.2) is 4.68 Å². The molecule has 1 heterocycles. The first-order valence-electron chi connectivity index (χ1n) is 9.40. The number of rotatable bonds is 3. The van der Waals surface area contributed by atoms with Gasteiger partial charge in [0.2, 0.25) is 0 Å². The van der Waals surface area contributed by atoms with Crippen LogP contribution in [0.3, 0.4) is 0 Å². The number of fused-ring (bicyclic) bond motifs is 1. The predicted molar refractivity (Wildman–Crippen MR) is 92.8 cm³/mol. The van der Waals surface area contributed by atoms with Crippen molar-refractivity contribution in [1.82, 2.24) is 15.0 Å². The second kappa shape index (κ2) is 6.23. The summed E-state index contributed by atoms with van der Waals surface area (Å²) in [6.45, 7) is 0. The quantitative estimate of drug-likeness (QED) is 0.924. The van der Waals surface area contributed by atoms with Gasteiger partial charge in [0.25, 0.3) is 0 Å². The highest BCUT2D eigenvalue weighted by Crippen LogP contribution is 2.44. The van der Waals surface area contributed by atoms with Crippen LogP contribution in [0.25, 0.3) is 11.0 Å². The molecule has 4 rings (SSSR count). The van der Waals surface area contributed by atoms with Crippen molar-refractivity contribution in [2.75, 3.05) is 0 Å². The minimum absolute atomic E-state index is 0.364. The molecule has 0 atom stereocenters. The molecule has 2 fully saturated rings. The van der Waals surface area contributed by atoms with E-state index < -0.39 is 0 Å². The van der Waals surface area contributed by atoms with Crippen LogP contribution in [0.5, 0.6) is 0 Å². The normalized spacial score (nSPS) is 21.8. The Balaban J connectivity index is 1.80. The Morgan fingerprint density at radius 3 is 2.04 bits per heavy atom. The van der Waals surface area contributed by atoms with Gasteiger partial charge in [0.15, 0.2) is 0 Å². The Morgan fingerprint density at radius 2 is 1.43 bits per heavy atom. The molecule has 0 amide bonds. The fraction of sp³-hybridized carbons (Fsp3) is 0.684. The Kier molecular flexibility index (Phi) is 4.10. The van der Waals surface area contributed by atoms with E-state index in [-0.39, 0.29) is 5.66 Å². The van der Waals surface area contributed by atoms with E-state index in [0.717, 1.165) is 11.0 Å². The molecule has 0 unspecified atom stereocenters. The highest BCUT2D eigenvalue weighted by atomic mass is 15.5. The molecule has 1 aromatic heterocycles. The molecule has 0 radical (unpaired) electrons. The number of hydrogen-bond donors (Lipinski definition) is 1. The number of aromatic nitrogens is 3. The number of hydrogen-bond acceptors (Lipinski definition) is 3. The van der Waals surface area contributed by atoms with Gasteiger partial charge in [0, 0.05) is 0 Å². The van der Waals surface area contributed by atoms with Crippen molar-refractivity contribution < 1.29 is 0 Å². The monoisotopic (exact) mass is 312 g/mol. The van der Waals surface area contributed by atoms with Gasteiger partial charge in [-0.2, -0.15) is 0 Å². The van der Waals surface area contributed by atoms with Gasteiger partial charge in [-0.1, -0.05) is 55.9 Å². The van der Waals surface area contributed by atoms with Gasteiger partial charge in [-0.05, 0) is 49.7 Å². The zero-order valence-electron chi connectivity index (χ0n) is 14.0. The van der Waals surface area contributed by atoms with Gasteiger partial charge < -0.3 is 5.73 Å². The standard InChI is InChI=1S/C19H28N4/c20-19(15-9-3-1-4-10-15,16-11-5-2-6-12-16)23-18-14-8-7-13-17(18)21-22-23/h7-8,13-16H,1-6,9-12,20H2. The van der Waals surface area contributed by atoms with E-state index in [2.05, 4.69) is 27.1 Å². The molecule has 23 heavy (non-hydrogen) atoms. The molecule has 2 aliphatic carbocycles. The van der Waals surface area contributed by atoms with E-state index >= 15 is 0 Å². The molecule has 124 valence electrons. The second-order valence-electron chi connectivity index (χ2n) is 7.55. The van der Waals surface area contributed by atoms with E-state index in [1.54, 1.807) is 0 Å². The summed E-state index contributed by atoms with van der Waals surface area (Å²) in [4.78, 5) is 0. The van der Waals surface area contributed by atoms with E-state index in [4.69, 9.17) is 5.73 Å². The summed E-state index contributed by atoms with van der Waals surface area (Å²) in [5, 5.41) is 8.97. The van der Waals surface area contributed by atoms with E-state index in [1.807, 2.05) is 12.1 Å². The average Bonchev–Trinajstić information content (AvgIpc) is 3.07. The summed E-state index contributed by atoms with van der Waals surface area (Å²) in [6.07, 6.45) is 12.9. The van der Waals surface area contributed by atoms with Crippen LogP contribution in [-0.2, 0) is 5.66 Å². The SMILES string of the molecule is NC(C1CCCCC1)(C1CCCCC1)n1nnc2ccccc21. The molecule has 2 aliphatic rings. The van der Waals surface area contributed by atoms with Crippen molar-refractivity contribution >= 4 is 11.0 Å². The van der Waals surface area contributed by atoms with Crippen molar-refractivity contribution in [3.05, 3.63) is 24.3 Å². The Hall–Kier alpha value is -1.42. The molecular weight excluding hydrogens is 284 g/mol. The van der Waals surface area contributed by atoms with E-state index in [0.29, 0.717) is 11.8 Å². The largest absolute Gasteiger partial charge is 0.307 e. The van der Waals surface area contributed by atoms with Gasteiger partial charge in [0.1, 0.15) is 11.2 Å². The first-order chi connectivity index (χ1) is 11.3. The van der Waals surface area contributed by atoms with Crippen molar-refractivity contribution in [3.63, 3.8) is 0 Å². The van der Waals surface area contributed by atoms with Crippen LogP contribution in [0, 0.1) is 11.8 Å². The third-order valence-corrected chi connectivity index (χ3v) is 6.24. The summed E-state index contributed by atoms with van der Waals surface area (Å²) < 4.78 is 2.11. The molecule has 0 aliphatic heterocycles. The molecule has 2 saturated carbocycles.